The van der Waals surface area contributed by atoms with Gasteiger partial charge in [-0.25, -0.2) is 9.97 Å². The zero-order chi connectivity index (χ0) is 13.0. The van der Waals surface area contributed by atoms with Gasteiger partial charge in [-0.05, 0) is 37.5 Å². The van der Waals surface area contributed by atoms with Crippen LogP contribution < -0.4 is 5.32 Å². The normalized spacial score (nSPS) is 20.1. The van der Waals surface area contributed by atoms with Crippen molar-refractivity contribution in [3.05, 3.63) is 17.5 Å². The predicted octanol–water partition coefficient (Wildman–Crippen LogP) is 3.61. The summed E-state index contributed by atoms with van der Waals surface area (Å²) in [5, 5.41) is 4.13. The maximum Gasteiger partial charge on any atom is 0.223 e. The van der Waals surface area contributed by atoms with Gasteiger partial charge in [-0.15, -0.1) is 0 Å². The van der Waals surface area contributed by atoms with Gasteiger partial charge in [0.2, 0.25) is 5.95 Å². The molecule has 1 N–H and O–H groups in total. The molecule has 2 heterocycles. The number of aryl methyl sites for hydroxylation is 1. The summed E-state index contributed by atoms with van der Waals surface area (Å²) in [5.74, 6) is 2.55. The minimum absolute atomic E-state index is 0.455. The summed E-state index contributed by atoms with van der Waals surface area (Å²) in [6.45, 7) is 7.37. The van der Waals surface area contributed by atoms with E-state index in [2.05, 4.69) is 47.0 Å². The molecule has 1 aliphatic heterocycles. The molecule has 18 heavy (non-hydrogen) atoms. The first-order chi connectivity index (χ1) is 8.65. The van der Waals surface area contributed by atoms with Crippen molar-refractivity contribution in [2.45, 2.75) is 51.2 Å². The molecule has 1 aliphatic rings. The largest absolute Gasteiger partial charge is 0.353 e. The second-order valence-electron chi connectivity index (χ2n) is 5.28. The van der Waals surface area contributed by atoms with Crippen LogP contribution in [0.15, 0.2) is 6.07 Å². The predicted molar refractivity (Wildman–Crippen MR) is 79.4 cm³/mol. The molecule has 0 saturated carbocycles. The van der Waals surface area contributed by atoms with Gasteiger partial charge in [-0.3, -0.25) is 0 Å². The van der Waals surface area contributed by atoms with Gasteiger partial charge in [-0.1, -0.05) is 20.3 Å². The van der Waals surface area contributed by atoms with Gasteiger partial charge < -0.3 is 5.32 Å². The molecule has 1 fully saturated rings. The summed E-state index contributed by atoms with van der Waals surface area (Å²) in [6, 6.07) is 2.07. The lowest BCUT2D eigenvalue weighted by molar-refractivity contribution is 0.675. The van der Waals surface area contributed by atoms with E-state index in [-0.39, 0.29) is 0 Å². The molecule has 3 nitrogen and oxygen atoms in total. The van der Waals surface area contributed by atoms with Gasteiger partial charge in [0.15, 0.2) is 0 Å². The number of rotatable bonds is 4. The molecule has 100 valence electrons. The van der Waals surface area contributed by atoms with Crippen LogP contribution in [-0.2, 0) is 0 Å². The standard InChI is InChI=1S/C14H23N3S/c1-10(2)13-8-11(3)16-14(17-13)15-9-12-6-4-5-7-18-12/h8,10,12H,4-7,9H2,1-3H3,(H,15,16,17). The van der Waals surface area contributed by atoms with Crippen LogP contribution in [0.5, 0.6) is 0 Å². The summed E-state index contributed by atoms with van der Waals surface area (Å²) in [6.07, 6.45) is 4.06. The van der Waals surface area contributed by atoms with Crippen molar-refractivity contribution in [2.24, 2.45) is 0 Å². The maximum absolute atomic E-state index is 4.59. The molecular weight excluding hydrogens is 242 g/mol. The van der Waals surface area contributed by atoms with Gasteiger partial charge in [0.05, 0.1) is 0 Å². The fraction of sp³-hybridized carbons (Fsp3) is 0.714. The highest BCUT2D eigenvalue weighted by Crippen LogP contribution is 2.25. The van der Waals surface area contributed by atoms with Crippen LogP contribution in [0.1, 0.15) is 50.4 Å². The number of aromatic nitrogens is 2. The lowest BCUT2D eigenvalue weighted by Gasteiger charge is -2.21. The Hall–Kier alpha value is -0.770. The van der Waals surface area contributed by atoms with E-state index in [4.69, 9.17) is 0 Å². The van der Waals surface area contributed by atoms with Crippen LogP contribution in [0, 0.1) is 6.92 Å². The Kier molecular flexibility index (Phi) is 4.87. The number of hydrogen-bond donors (Lipinski definition) is 1. The van der Waals surface area contributed by atoms with Crippen LogP contribution in [0.3, 0.4) is 0 Å². The van der Waals surface area contributed by atoms with Gasteiger partial charge in [0, 0.05) is 23.2 Å². The minimum atomic E-state index is 0.455. The molecule has 1 unspecified atom stereocenters. The second-order valence-corrected chi connectivity index (χ2v) is 6.69. The first-order valence-electron chi connectivity index (χ1n) is 6.86. The summed E-state index contributed by atoms with van der Waals surface area (Å²) in [7, 11) is 0. The Labute approximate surface area is 114 Å². The average Bonchev–Trinajstić information content (AvgIpc) is 2.37. The summed E-state index contributed by atoms with van der Waals surface area (Å²) >= 11 is 2.08. The van der Waals surface area contributed by atoms with Crippen molar-refractivity contribution >= 4 is 17.7 Å². The number of nitrogens with one attached hydrogen (secondary N) is 1. The van der Waals surface area contributed by atoms with E-state index in [9.17, 15) is 0 Å². The zero-order valence-corrected chi connectivity index (χ0v) is 12.4. The van der Waals surface area contributed by atoms with Gasteiger partial charge >= 0.3 is 0 Å². The van der Waals surface area contributed by atoms with Crippen LogP contribution >= 0.6 is 11.8 Å². The highest BCUT2D eigenvalue weighted by molar-refractivity contribution is 7.99. The lowest BCUT2D eigenvalue weighted by atomic mass is 10.1. The third-order valence-corrected chi connectivity index (χ3v) is 4.63. The van der Waals surface area contributed by atoms with E-state index < -0.39 is 0 Å². The number of anilines is 1. The van der Waals surface area contributed by atoms with E-state index in [0.717, 1.165) is 29.1 Å². The molecule has 1 saturated heterocycles. The molecule has 2 rings (SSSR count). The van der Waals surface area contributed by atoms with Crippen LogP contribution in [0.25, 0.3) is 0 Å². The van der Waals surface area contributed by atoms with E-state index in [1.54, 1.807) is 0 Å². The molecule has 0 amide bonds. The van der Waals surface area contributed by atoms with E-state index in [0.29, 0.717) is 5.92 Å². The number of thioether (sulfide) groups is 1. The van der Waals surface area contributed by atoms with E-state index in [1.807, 2.05) is 6.92 Å². The molecule has 0 aliphatic carbocycles. The minimum Gasteiger partial charge on any atom is -0.353 e. The Morgan fingerprint density at radius 2 is 2.22 bits per heavy atom. The Morgan fingerprint density at radius 3 is 2.89 bits per heavy atom. The van der Waals surface area contributed by atoms with Crippen molar-refractivity contribution in [1.29, 1.82) is 0 Å². The summed E-state index contributed by atoms with van der Waals surface area (Å²) in [4.78, 5) is 9.06. The lowest BCUT2D eigenvalue weighted by Crippen LogP contribution is -2.21. The fourth-order valence-corrected chi connectivity index (χ4v) is 3.38. The molecule has 1 aromatic heterocycles. The highest BCUT2D eigenvalue weighted by Gasteiger charge is 2.14. The highest BCUT2D eigenvalue weighted by atomic mass is 32.2. The zero-order valence-electron chi connectivity index (χ0n) is 11.6. The smallest absolute Gasteiger partial charge is 0.223 e. The van der Waals surface area contributed by atoms with Crippen molar-refractivity contribution < 1.29 is 0 Å². The molecule has 4 heteroatoms. The second kappa shape index (κ2) is 6.41. The Morgan fingerprint density at radius 1 is 1.39 bits per heavy atom. The Bertz CT molecular complexity index is 387. The van der Waals surface area contributed by atoms with Crippen molar-refractivity contribution in [1.82, 2.24) is 9.97 Å². The average molecular weight is 265 g/mol. The van der Waals surface area contributed by atoms with Gasteiger partial charge in [0.1, 0.15) is 0 Å². The Balaban J connectivity index is 1.95. The molecular formula is C14H23N3S. The topological polar surface area (TPSA) is 37.8 Å². The molecule has 1 aromatic rings. The molecule has 0 radical (unpaired) electrons. The maximum atomic E-state index is 4.59. The number of hydrogen-bond acceptors (Lipinski definition) is 4. The third kappa shape index (κ3) is 3.87. The van der Waals surface area contributed by atoms with Gasteiger partial charge in [0.25, 0.3) is 0 Å². The monoisotopic (exact) mass is 265 g/mol. The SMILES string of the molecule is Cc1cc(C(C)C)nc(NCC2CCCCS2)n1. The molecule has 0 aromatic carbocycles. The quantitative estimate of drug-likeness (QED) is 0.902. The summed E-state index contributed by atoms with van der Waals surface area (Å²) < 4.78 is 0. The van der Waals surface area contributed by atoms with Crippen LogP contribution in [0.4, 0.5) is 5.95 Å². The van der Waals surface area contributed by atoms with Crippen molar-refractivity contribution in [3.8, 4) is 0 Å². The first kappa shape index (κ1) is 13.7. The fourth-order valence-electron chi connectivity index (χ4n) is 2.14. The van der Waals surface area contributed by atoms with Crippen LogP contribution in [-0.4, -0.2) is 27.5 Å². The number of nitrogens with zero attached hydrogens (tertiary/aromatic N) is 2. The molecule has 1 atom stereocenters. The van der Waals surface area contributed by atoms with E-state index in [1.165, 1.54) is 25.0 Å². The molecule has 0 spiro atoms. The van der Waals surface area contributed by atoms with E-state index >= 15 is 0 Å². The molecule has 0 bridgehead atoms. The van der Waals surface area contributed by atoms with Crippen LogP contribution in [0.2, 0.25) is 0 Å². The van der Waals surface area contributed by atoms with Gasteiger partial charge in [-0.2, -0.15) is 11.8 Å². The third-order valence-electron chi connectivity index (χ3n) is 3.23. The van der Waals surface area contributed by atoms with Crippen molar-refractivity contribution in [3.63, 3.8) is 0 Å². The van der Waals surface area contributed by atoms with Crippen molar-refractivity contribution in [2.75, 3.05) is 17.6 Å². The first-order valence-corrected chi connectivity index (χ1v) is 7.91. The summed E-state index contributed by atoms with van der Waals surface area (Å²) in [5.41, 5.74) is 2.17.